The van der Waals surface area contributed by atoms with E-state index in [9.17, 15) is 9.59 Å². The van der Waals surface area contributed by atoms with Crippen molar-refractivity contribution in [2.45, 2.75) is 6.54 Å². The summed E-state index contributed by atoms with van der Waals surface area (Å²) in [6.07, 6.45) is 2.33. The maximum atomic E-state index is 11.8. The van der Waals surface area contributed by atoms with Crippen LogP contribution in [-0.4, -0.2) is 36.3 Å². The number of carbonyl (C=O) groups is 2. The molecule has 0 aliphatic rings. The maximum absolute atomic E-state index is 11.8. The Morgan fingerprint density at radius 3 is 2.75 bits per heavy atom. The second-order valence-corrected chi connectivity index (χ2v) is 4.03. The number of aromatic nitrogens is 2. The normalized spacial score (nSPS) is 10.1. The number of benzene rings is 1. The molecule has 6 nitrogen and oxygen atoms in total. The third-order valence-electron chi connectivity index (χ3n) is 2.86. The fourth-order valence-electron chi connectivity index (χ4n) is 1.91. The van der Waals surface area contributed by atoms with Crippen LogP contribution < -0.4 is 4.74 Å². The zero-order valence-corrected chi connectivity index (χ0v) is 11.2. The van der Waals surface area contributed by atoms with E-state index in [1.54, 1.807) is 35.1 Å². The molecule has 104 valence electrons. The van der Waals surface area contributed by atoms with Crippen LogP contribution in [-0.2, 0) is 11.3 Å². The van der Waals surface area contributed by atoms with E-state index in [0.29, 0.717) is 35.4 Å². The molecule has 0 spiro atoms. The van der Waals surface area contributed by atoms with Gasteiger partial charge >= 0.3 is 5.97 Å². The van der Waals surface area contributed by atoms with Crippen molar-refractivity contribution in [3.05, 3.63) is 47.3 Å². The van der Waals surface area contributed by atoms with Gasteiger partial charge in [0.2, 0.25) is 0 Å². The Labute approximate surface area is 115 Å². The number of hydrogen-bond donors (Lipinski definition) is 0. The van der Waals surface area contributed by atoms with Gasteiger partial charge in [0.1, 0.15) is 11.4 Å². The number of rotatable bonds is 5. The average Bonchev–Trinajstić information content (AvgIpc) is 2.94. The molecule has 1 aromatic heterocycles. The summed E-state index contributed by atoms with van der Waals surface area (Å²) >= 11 is 0. The van der Waals surface area contributed by atoms with Crippen LogP contribution in [0.3, 0.4) is 0 Å². The molecule has 1 heterocycles. The number of nitrogens with zero attached hydrogens (tertiary/aromatic N) is 2. The number of ether oxygens (including phenoxy) is 2. The second kappa shape index (κ2) is 6.01. The largest absolute Gasteiger partial charge is 0.496 e. The minimum atomic E-state index is -0.443. The van der Waals surface area contributed by atoms with E-state index in [0.717, 1.165) is 0 Å². The lowest BCUT2D eigenvalue weighted by Gasteiger charge is -2.12. The average molecular weight is 274 g/mol. The summed E-state index contributed by atoms with van der Waals surface area (Å²) in [5.74, 6) is 0.123. The zero-order valence-electron chi connectivity index (χ0n) is 11.2. The highest BCUT2D eigenvalue weighted by atomic mass is 16.5. The van der Waals surface area contributed by atoms with Crippen molar-refractivity contribution >= 4 is 12.3 Å². The highest BCUT2D eigenvalue weighted by molar-refractivity contribution is 5.91. The molecule has 1 aromatic carbocycles. The Kier molecular flexibility index (Phi) is 4.14. The maximum Gasteiger partial charge on any atom is 0.338 e. The lowest BCUT2D eigenvalue weighted by molar-refractivity contribution is 0.0598. The van der Waals surface area contributed by atoms with Gasteiger partial charge in [0, 0.05) is 11.8 Å². The molecule has 2 rings (SSSR count). The molecule has 20 heavy (non-hydrogen) atoms. The van der Waals surface area contributed by atoms with Crippen molar-refractivity contribution in [2.75, 3.05) is 14.2 Å². The van der Waals surface area contributed by atoms with Crippen molar-refractivity contribution in [2.24, 2.45) is 0 Å². The van der Waals surface area contributed by atoms with Gasteiger partial charge in [-0.05, 0) is 18.2 Å². The van der Waals surface area contributed by atoms with Crippen molar-refractivity contribution in [3.8, 4) is 5.75 Å². The van der Waals surface area contributed by atoms with Gasteiger partial charge in [0.15, 0.2) is 6.29 Å². The van der Waals surface area contributed by atoms with Gasteiger partial charge in [0.05, 0.1) is 26.3 Å². The van der Waals surface area contributed by atoms with E-state index < -0.39 is 5.97 Å². The fourth-order valence-corrected chi connectivity index (χ4v) is 1.91. The molecule has 0 radical (unpaired) electrons. The van der Waals surface area contributed by atoms with E-state index in [1.165, 1.54) is 14.2 Å². The first kappa shape index (κ1) is 13.8. The Morgan fingerprint density at radius 1 is 1.35 bits per heavy atom. The van der Waals surface area contributed by atoms with Gasteiger partial charge in [-0.3, -0.25) is 9.48 Å². The van der Waals surface area contributed by atoms with Crippen LogP contribution >= 0.6 is 0 Å². The molecular formula is C14H14N2O4. The van der Waals surface area contributed by atoms with Crippen LogP contribution in [0, 0.1) is 0 Å². The van der Waals surface area contributed by atoms with Crippen molar-refractivity contribution in [1.82, 2.24) is 9.78 Å². The van der Waals surface area contributed by atoms with Crippen LogP contribution in [0.1, 0.15) is 26.4 Å². The van der Waals surface area contributed by atoms with Crippen LogP contribution in [0.4, 0.5) is 0 Å². The Bertz CT molecular complexity index is 634. The van der Waals surface area contributed by atoms with Crippen LogP contribution in [0.2, 0.25) is 0 Å². The Balaban J connectivity index is 2.42. The molecule has 0 aliphatic heterocycles. The molecule has 0 saturated carbocycles. The molecule has 0 saturated heterocycles. The first-order chi connectivity index (χ1) is 9.69. The molecule has 0 unspecified atom stereocenters. The summed E-state index contributed by atoms with van der Waals surface area (Å²) in [5.41, 5.74) is 1.40. The first-order valence-electron chi connectivity index (χ1n) is 5.92. The molecule has 0 atom stereocenters. The van der Waals surface area contributed by atoms with Gasteiger partial charge in [-0.15, -0.1) is 0 Å². The van der Waals surface area contributed by atoms with Gasteiger partial charge in [-0.2, -0.15) is 5.10 Å². The van der Waals surface area contributed by atoms with Crippen molar-refractivity contribution < 1.29 is 19.1 Å². The van der Waals surface area contributed by atoms with E-state index in [2.05, 4.69) is 5.10 Å². The molecule has 0 aliphatic carbocycles. The minimum absolute atomic E-state index is 0.308. The summed E-state index contributed by atoms with van der Waals surface area (Å²) in [7, 11) is 2.85. The Morgan fingerprint density at radius 2 is 2.15 bits per heavy atom. The highest BCUT2D eigenvalue weighted by Crippen LogP contribution is 2.24. The van der Waals surface area contributed by atoms with Gasteiger partial charge < -0.3 is 9.47 Å². The highest BCUT2D eigenvalue weighted by Gasteiger charge is 2.16. The predicted octanol–water partition coefficient (Wildman–Crippen LogP) is 1.54. The summed E-state index contributed by atoms with van der Waals surface area (Å²) in [5, 5.41) is 4.07. The van der Waals surface area contributed by atoms with E-state index >= 15 is 0 Å². The lowest BCUT2D eigenvalue weighted by atomic mass is 10.1. The molecule has 6 heteroatoms. The van der Waals surface area contributed by atoms with E-state index in [4.69, 9.17) is 9.47 Å². The quantitative estimate of drug-likeness (QED) is 0.611. The number of carbonyl (C=O) groups excluding carboxylic acids is 2. The molecule has 2 aromatic rings. The third-order valence-corrected chi connectivity index (χ3v) is 2.86. The minimum Gasteiger partial charge on any atom is -0.496 e. The summed E-state index contributed by atoms with van der Waals surface area (Å²) in [6, 6.07) is 6.73. The molecule has 0 fully saturated rings. The zero-order chi connectivity index (χ0) is 14.5. The molecule has 0 amide bonds. The smallest absolute Gasteiger partial charge is 0.338 e. The third kappa shape index (κ3) is 2.69. The number of hydrogen-bond acceptors (Lipinski definition) is 5. The van der Waals surface area contributed by atoms with E-state index in [-0.39, 0.29) is 0 Å². The monoisotopic (exact) mass is 274 g/mol. The molecular weight excluding hydrogens is 260 g/mol. The molecule has 0 N–H and O–H groups in total. The van der Waals surface area contributed by atoms with Crippen LogP contribution in [0.25, 0.3) is 0 Å². The van der Waals surface area contributed by atoms with Crippen molar-refractivity contribution in [1.29, 1.82) is 0 Å². The van der Waals surface area contributed by atoms with Crippen molar-refractivity contribution in [3.63, 3.8) is 0 Å². The first-order valence-corrected chi connectivity index (χ1v) is 5.92. The van der Waals surface area contributed by atoms with Gasteiger partial charge in [-0.25, -0.2) is 4.79 Å². The Hall–Kier alpha value is -2.63. The predicted molar refractivity (Wildman–Crippen MR) is 71.1 cm³/mol. The lowest BCUT2D eigenvalue weighted by Crippen LogP contribution is -2.11. The second-order valence-electron chi connectivity index (χ2n) is 4.03. The SMILES string of the molecule is COC(=O)c1cccc(OC)c1Cn1ccc(C=O)n1. The van der Waals surface area contributed by atoms with Gasteiger partial charge in [0.25, 0.3) is 0 Å². The fraction of sp³-hybridized carbons (Fsp3) is 0.214. The van der Waals surface area contributed by atoms with Gasteiger partial charge in [-0.1, -0.05) is 6.07 Å². The standard InChI is InChI=1S/C14H14N2O4/c1-19-13-5-3-4-11(14(18)20-2)12(13)8-16-7-6-10(9-17)15-16/h3-7,9H,8H2,1-2H3. The van der Waals surface area contributed by atoms with Crippen LogP contribution in [0.5, 0.6) is 5.75 Å². The molecule has 0 bridgehead atoms. The number of methoxy groups -OCH3 is 2. The van der Waals surface area contributed by atoms with E-state index in [1.807, 2.05) is 0 Å². The topological polar surface area (TPSA) is 70.4 Å². The summed E-state index contributed by atoms with van der Waals surface area (Å²) < 4.78 is 11.6. The number of esters is 1. The number of aldehydes is 1. The summed E-state index contributed by atoms with van der Waals surface area (Å²) in [6.45, 7) is 0.308. The van der Waals surface area contributed by atoms with Crippen LogP contribution in [0.15, 0.2) is 30.5 Å². The summed E-state index contributed by atoms with van der Waals surface area (Å²) in [4.78, 5) is 22.4.